The summed E-state index contributed by atoms with van der Waals surface area (Å²) in [4.78, 5) is 11.6. The summed E-state index contributed by atoms with van der Waals surface area (Å²) < 4.78 is 5.16. The highest BCUT2D eigenvalue weighted by Gasteiger charge is 2.17. The molecule has 1 aliphatic rings. The van der Waals surface area contributed by atoms with Crippen LogP contribution in [0.3, 0.4) is 0 Å². The Hall–Kier alpha value is -1.46. The Morgan fingerprint density at radius 3 is 3.00 bits per heavy atom. The lowest BCUT2D eigenvalue weighted by atomic mass is 10.2. The Labute approximate surface area is 104 Å². The predicted molar refractivity (Wildman–Crippen MR) is 67.2 cm³/mol. The van der Waals surface area contributed by atoms with E-state index in [-0.39, 0.29) is 12.1 Å². The zero-order chi connectivity index (χ0) is 12.3. The van der Waals surface area contributed by atoms with Gasteiger partial charge in [-0.3, -0.25) is 0 Å². The first-order valence-corrected chi connectivity index (χ1v) is 5.73. The predicted octanol–water partition coefficient (Wildman–Crippen LogP) is 1.83. The number of hydrogen-bond acceptors (Lipinski definition) is 3. The van der Waals surface area contributed by atoms with Crippen LogP contribution in [0.4, 0.5) is 16.2 Å². The molecule has 1 unspecified atom stereocenters. The lowest BCUT2D eigenvalue weighted by Gasteiger charge is -2.13. The molecule has 2 amide bonds. The fraction of sp³-hybridized carbons (Fsp3) is 0.364. The number of carbonyl (C=O) groups is 1. The van der Waals surface area contributed by atoms with Gasteiger partial charge in [0.1, 0.15) is 0 Å². The van der Waals surface area contributed by atoms with E-state index in [1.807, 2.05) is 0 Å². The molecule has 2 rings (SSSR count). The van der Waals surface area contributed by atoms with Gasteiger partial charge in [0.05, 0.1) is 24.0 Å². The van der Waals surface area contributed by atoms with E-state index in [0.717, 1.165) is 6.42 Å². The van der Waals surface area contributed by atoms with Crippen LogP contribution in [0.1, 0.15) is 6.42 Å². The topological polar surface area (TPSA) is 76.4 Å². The number of urea groups is 1. The second-order valence-corrected chi connectivity index (χ2v) is 4.33. The maximum Gasteiger partial charge on any atom is 0.319 e. The van der Waals surface area contributed by atoms with Gasteiger partial charge in [0.15, 0.2) is 0 Å². The molecule has 1 saturated heterocycles. The average molecular weight is 256 g/mol. The van der Waals surface area contributed by atoms with Crippen LogP contribution in [0, 0.1) is 0 Å². The minimum absolute atomic E-state index is 0.0727. The number of rotatable bonds is 2. The fourth-order valence-electron chi connectivity index (χ4n) is 1.64. The van der Waals surface area contributed by atoms with Crippen LogP contribution in [0.25, 0.3) is 0 Å². The van der Waals surface area contributed by atoms with Gasteiger partial charge in [-0.25, -0.2) is 4.79 Å². The highest BCUT2D eigenvalue weighted by molar-refractivity contribution is 6.31. The standard InChI is InChI=1S/C11H14ClN3O2/c12-7-1-2-10(9(13)5-7)15-11(16)14-8-3-4-17-6-8/h1-2,5,8H,3-4,6,13H2,(H2,14,15,16). The molecule has 0 aliphatic carbocycles. The summed E-state index contributed by atoms with van der Waals surface area (Å²) in [5, 5.41) is 6.02. The number of nitrogens with two attached hydrogens (primary N) is 1. The highest BCUT2D eigenvalue weighted by atomic mass is 35.5. The van der Waals surface area contributed by atoms with Crippen molar-refractivity contribution in [1.29, 1.82) is 0 Å². The number of carbonyl (C=O) groups excluding carboxylic acids is 1. The SMILES string of the molecule is Nc1cc(Cl)ccc1NC(=O)NC1CCOC1. The molecule has 4 N–H and O–H groups in total. The Balaban J connectivity index is 1.93. The second-order valence-electron chi connectivity index (χ2n) is 3.89. The van der Waals surface area contributed by atoms with E-state index in [1.165, 1.54) is 0 Å². The monoisotopic (exact) mass is 255 g/mol. The minimum atomic E-state index is -0.283. The Morgan fingerprint density at radius 2 is 2.35 bits per heavy atom. The van der Waals surface area contributed by atoms with E-state index in [4.69, 9.17) is 22.1 Å². The van der Waals surface area contributed by atoms with Gasteiger partial charge >= 0.3 is 6.03 Å². The van der Waals surface area contributed by atoms with Crippen LogP contribution in [-0.2, 0) is 4.74 Å². The van der Waals surface area contributed by atoms with Crippen molar-refractivity contribution in [2.45, 2.75) is 12.5 Å². The van der Waals surface area contributed by atoms with Crippen LogP contribution in [-0.4, -0.2) is 25.3 Å². The summed E-state index contributed by atoms with van der Waals surface area (Å²) in [7, 11) is 0. The van der Waals surface area contributed by atoms with Gasteiger partial charge in [-0.2, -0.15) is 0 Å². The molecule has 5 nitrogen and oxygen atoms in total. The molecule has 17 heavy (non-hydrogen) atoms. The third kappa shape index (κ3) is 3.25. The first kappa shape index (κ1) is 12.0. The lowest BCUT2D eigenvalue weighted by molar-refractivity contribution is 0.189. The van der Waals surface area contributed by atoms with Gasteiger partial charge in [-0.05, 0) is 24.6 Å². The Kier molecular flexibility index (Phi) is 3.71. The first-order valence-electron chi connectivity index (χ1n) is 5.35. The Morgan fingerprint density at radius 1 is 1.53 bits per heavy atom. The summed E-state index contributed by atoms with van der Waals surface area (Å²) in [6.07, 6.45) is 0.837. The summed E-state index contributed by atoms with van der Waals surface area (Å²) in [6, 6.07) is 4.72. The van der Waals surface area contributed by atoms with E-state index in [1.54, 1.807) is 18.2 Å². The maximum absolute atomic E-state index is 11.6. The van der Waals surface area contributed by atoms with Crippen LogP contribution in [0.15, 0.2) is 18.2 Å². The normalized spacial score (nSPS) is 19.0. The number of hydrogen-bond donors (Lipinski definition) is 3. The molecule has 1 atom stereocenters. The van der Waals surface area contributed by atoms with E-state index in [0.29, 0.717) is 29.6 Å². The van der Waals surface area contributed by atoms with Gasteiger partial charge in [0.25, 0.3) is 0 Å². The van der Waals surface area contributed by atoms with Crippen molar-refractivity contribution in [2.75, 3.05) is 24.3 Å². The summed E-state index contributed by atoms with van der Waals surface area (Å²) in [5.41, 5.74) is 6.71. The molecule has 1 aromatic carbocycles. The number of benzene rings is 1. The maximum atomic E-state index is 11.6. The first-order chi connectivity index (χ1) is 8.15. The highest BCUT2D eigenvalue weighted by Crippen LogP contribution is 2.22. The quantitative estimate of drug-likeness (QED) is 0.706. The van der Waals surface area contributed by atoms with Crippen molar-refractivity contribution in [1.82, 2.24) is 5.32 Å². The van der Waals surface area contributed by atoms with Crippen molar-refractivity contribution in [3.63, 3.8) is 0 Å². The van der Waals surface area contributed by atoms with E-state index >= 15 is 0 Å². The smallest absolute Gasteiger partial charge is 0.319 e. The molecular formula is C11H14ClN3O2. The lowest BCUT2D eigenvalue weighted by Crippen LogP contribution is -2.38. The van der Waals surface area contributed by atoms with Crippen molar-refractivity contribution >= 4 is 29.0 Å². The molecule has 1 heterocycles. The van der Waals surface area contributed by atoms with Gasteiger partial charge in [-0.15, -0.1) is 0 Å². The van der Waals surface area contributed by atoms with Crippen molar-refractivity contribution < 1.29 is 9.53 Å². The van der Waals surface area contributed by atoms with Crippen molar-refractivity contribution in [2.24, 2.45) is 0 Å². The van der Waals surface area contributed by atoms with Crippen LogP contribution >= 0.6 is 11.6 Å². The number of ether oxygens (including phenoxy) is 1. The summed E-state index contributed by atoms with van der Waals surface area (Å²) in [5.74, 6) is 0. The van der Waals surface area contributed by atoms with Crippen LogP contribution in [0.5, 0.6) is 0 Å². The Bertz CT molecular complexity index is 419. The molecule has 1 aromatic rings. The van der Waals surface area contributed by atoms with E-state index in [2.05, 4.69) is 10.6 Å². The number of amides is 2. The van der Waals surface area contributed by atoms with Crippen LogP contribution in [0.2, 0.25) is 5.02 Å². The zero-order valence-corrected chi connectivity index (χ0v) is 9.96. The molecule has 1 aliphatic heterocycles. The van der Waals surface area contributed by atoms with Gasteiger partial charge < -0.3 is 21.1 Å². The van der Waals surface area contributed by atoms with E-state index < -0.39 is 0 Å². The van der Waals surface area contributed by atoms with Gasteiger partial charge in [-0.1, -0.05) is 11.6 Å². The third-order valence-electron chi connectivity index (χ3n) is 2.53. The summed E-state index contributed by atoms with van der Waals surface area (Å²) >= 11 is 5.77. The largest absolute Gasteiger partial charge is 0.397 e. The third-order valence-corrected chi connectivity index (χ3v) is 2.76. The van der Waals surface area contributed by atoms with Crippen molar-refractivity contribution in [3.05, 3.63) is 23.2 Å². The zero-order valence-electron chi connectivity index (χ0n) is 9.20. The number of nitrogen functional groups attached to an aromatic ring is 1. The van der Waals surface area contributed by atoms with Crippen LogP contribution < -0.4 is 16.4 Å². The molecule has 1 fully saturated rings. The summed E-state index contributed by atoms with van der Waals surface area (Å²) in [6.45, 7) is 1.25. The number of nitrogens with one attached hydrogen (secondary N) is 2. The molecule has 0 radical (unpaired) electrons. The minimum Gasteiger partial charge on any atom is -0.397 e. The molecule has 0 saturated carbocycles. The molecule has 6 heteroatoms. The molecule has 0 aromatic heterocycles. The van der Waals surface area contributed by atoms with Gasteiger partial charge in [0, 0.05) is 11.6 Å². The average Bonchev–Trinajstić information content (AvgIpc) is 2.75. The molecular weight excluding hydrogens is 242 g/mol. The molecule has 0 bridgehead atoms. The van der Waals surface area contributed by atoms with E-state index in [9.17, 15) is 4.79 Å². The van der Waals surface area contributed by atoms with Gasteiger partial charge in [0.2, 0.25) is 0 Å². The molecule has 0 spiro atoms. The second kappa shape index (κ2) is 5.25. The number of halogens is 1. The molecule has 92 valence electrons. The van der Waals surface area contributed by atoms with Crippen molar-refractivity contribution in [3.8, 4) is 0 Å². The number of anilines is 2. The fourth-order valence-corrected chi connectivity index (χ4v) is 1.82.